The van der Waals surface area contributed by atoms with Gasteiger partial charge in [-0.2, -0.15) is 0 Å². The van der Waals surface area contributed by atoms with Gasteiger partial charge in [-0.05, 0) is 0 Å². The van der Waals surface area contributed by atoms with Gasteiger partial charge in [-0.3, -0.25) is 11.1 Å². The Morgan fingerprint density at radius 2 is 2.11 bits per heavy atom. The monoisotopic (exact) mass is 129 g/mol. The van der Waals surface area contributed by atoms with Crippen LogP contribution in [0.25, 0.3) is 0 Å². The summed E-state index contributed by atoms with van der Waals surface area (Å²) in [5.74, 6) is 0.448. The summed E-state index contributed by atoms with van der Waals surface area (Å²) in [5.41, 5.74) is 5.09. The smallest absolute Gasteiger partial charge is 0.266 e. The van der Waals surface area contributed by atoms with Crippen molar-refractivity contribution >= 4 is 5.84 Å². The van der Waals surface area contributed by atoms with Crippen LogP contribution in [0.5, 0.6) is 0 Å². The van der Waals surface area contributed by atoms with Crippen LogP contribution in [-0.4, -0.2) is 10.9 Å². The molecule has 0 aliphatic rings. The summed E-state index contributed by atoms with van der Waals surface area (Å²) in [7, 11) is 0. The van der Waals surface area contributed by atoms with Crippen LogP contribution in [0, 0.1) is 5.92 Å². The minimum Gasteiger partial charge on any atom is -0.512 e. The summed E-state index contributed by atoms with van der Waals surface area (Å²) < 4.78 is 0. The number of hydrogen-bond donors (Lipinski definition) is 3. The van der Waals surface area contributed by atoms with Crippen LogP contribution in [0.4, 0.5) is 0 Å². The molecule has 3 nitrogen and oxygen atoms in total. The zero-order chi connectivity index (χ0) is 7.44. The van der Waals surface area contributed by atoms with Crippen LogP contribution in [0.3, 0.4) is 0 Å². The molecule has 3 heteroatoms. The summed E-state index contributed by atoms with van der Waals surface area (Å²) in [5, 5.41) is 14.1. The predicted molar refractivity (Wildman–Crippen MR) is 36.7 cm³/mol. The third-order valence-electron chi connectivity index (χ3n) is 0.906. The van der Waals surface area contributed by atoms with Crippen molar-refractivity contribution in [2.45, 2.75) is 13.8 Å². The molecule has 0 aromatic rings. The molecule has 0 saturated heterocycles. The van der Waals surface area contributed by atoms with E-state index in [1.807, 2.05) is 13.8 Å². The second kappa shape index (κ2) is 3.12. The van der Waals surface area contributed by atoms with Gasteiger partial charge >= 0.3 is 0 Å². The lowest BCUT2D eigenvalue weighted by Gasteiger charge is -1.99. The molecule has 0 aliphatic carbocycles. The van der Waals surface area contributed by atoms with Gasteiger partial charge in [-0.1, -0.05) is 13.8 Å². The van der Waals surface area contributed by atoms with E-state index in [1.54, 1.807) is 0 Å². The lowest BCUT2D eigenvalue weighted by Crippen LogP contribution is -2.44. The maximum atomic E-state index is 8.98. The molecular formula is C6H13N2O+. The first-order chi connectivity index (χ1) is 4.04. The largest absolute Gasteiger partial charge is 0.512 e. The first-order valence-corrected chi connectivity index (χ1v) is 2.82. The van der Waals surface area contributed by atoms with Crippen molar-refractivity contribution in [3.63, 3.8) is 0 Å². The Kier molecular flexibility index (Phi) is 2.78. The molecule has 0 spiro atoms. The first-order valence-electron chi connectivity index (χ1n) is 2.82. The average molecular weight is 129 g/mol. The highest BCUT2D eigenvalue weighted by atomic mass is 16.3. The second-order valence-electron chi connectivity index (χ2n) is 2.22. The molecule has 0 atom stereocenters. The van der Waals surface area contributed by atoms with Crippen LogP contribution in [0.2, 0.25) is 0 Å². The van der Waals surface area contributed by atoms with Crippen molar-refractivity contribution < 1.29 is 10.5 Å². The highest BCUT2D eigenvalue weighted by Crippen LogP contribution is 2.02. The van der Waals surface area contributed by atoms with E-state index < -0.39 is 0 Å². The Labute approximate surface area is 54.7 Å². The fourth-order valence-electron chi connectivity index (χ4n) is 0.337. The number of amidine groups is 1. The van der Waals surface area contributed by atoms with Crippen molar-refractivity contribution in [1.29, 1.82) is 0 Å². The molecule has 0 heterocycles. The number of rotatable bonds is 2. The maximum Gasteiger partial charge on any atom is 0.266 e. The molecule has 0 aromatic heterocycles. The zero-order valence-corrected chi connectivity index (χ0v) is 5.76. The molecule has 0 unspecified atom stereocenters. The molecule has 0 aromatic carbocycles. The molecule has 9 heavy (non-hydrogen) atoms. The van der Waals surface area contributed by atoms with Crippen molar-refractivity contribution in [3.8, 4) is 0 Å². The van der Waals surface area contributed by atoms with E-state index in [2.05, 4.69) is 0 Å². The van der Waals surface area contributed by atoms with E-state index in [-0.39, 0.29) is 17.5 Å². The van der Waals surface area contributed by atoms with Gasteiger partial charge in [0.15, 0.2) is 0 Å². The third kappa shape index (κ3) is 3.58. The Morgan fingerprint density at radius 3 is 2.22 bits per heavy atom. The fourth-order valence-corrected chi connectivity index (χ4v) is 0.337. The quantitative estimate of drug-likeness (QED) is 0.259. The predicted octanol–water partition coefficient (Wildman–Crippen LogP) is -0.799. The van der Waals surface area contributed by atoms with Gasteiger partial charge < -0.3 is 5.11 Å². The van der Waals surface area contributed by atoms with Crippen molar-refractivity contribution in [2.75, 3.05) is 0 Å². The summed E-state index contributed by atoms with van der Waals surface area (Å²) in [6, 6.07) is 0. The zero-order valence-electron chi connectivity index (χ0n) is 5.76. The highest BCUT2D eigenvalue weighted by Gasteiger charge is 2.00. The number of aliphatic hydroxyl groups is 1. The molecule has 0 fully saturated rings. The van der Waals surface area contributed by atoms with Crippen molar-refractivity contribution in [2.24, 2.45) is 11.7 Å². The number of aliphatic hydroxyl groups excluding tert-OH is 1. The molecule has 0 amide bonds. The van der Waals surface area contributed by atoms with Crippen LogP contribution in [-0.2, 0) is 0 Å². The van der Waals surface area contributed by atoms with Gasteiger partial charge in [-0.15, -0.1) is 0 Å². The standard InChI is InChI=1S/C6H12N2O/c1-4(2)5(9)3-6(7)8/h3-4,9H,1-2H3,(H3,7,8)/p+1/b5-3-. The summed E-state index contributed by atoms with van der Waals surface area (Å²) in [6.45, 7) is 3.71. The second-order valence-corrected chi connectivity index (χ2v) is 2.22. The van der Waals surface area contributed by atoms with Crippen molar-refractivity contribution in [3.05, 3.63) is 11.8 Å². The maximum absolute atomic E-state index is 8.98. The van der Waals surface area contributed by atoms with Crippen LogP contribution >= 0.6 is 0 Å². The molecule has 0 radical (unpaired) electrons. The lowest BCUT2D eigenvalue weighted by molar-refractivity contribution is -0.113. The van der Waals surface area contributed by atoms with Gasteiger partial charge in [0, 0.05) is 5.92 Å². The van der Waals surface area contributed by atoms with E-state index in [1.165, 1.54) is 6.08 Å². The summed E-state index contributed by atoms with van der Waals surface area (Å²) >= 11 is 0. The van der Waals surface area contributed by atoms with Gasteiger partial charge in [-0.25, -0.2) is 0 Å². The first kappa shape index (κ1) is 8.01. The molecular weight excluding hydrogens is 116 g/mol. The van der Waals surface area contributed by atoms with Gasteiger partial charge in [0.05, 0.1) is 6.08 Å². The average Bonchev–Trinajstić information content (AvgIpc) is 1.63. The minimum absolute atomic E-state index is 0.0899. The molecule has 0 aliphatic heterocycles. The van der Waals surface area contributed by atoms with E-state index >= 15 is 0 Å². The Bertz CT molecular complexity index is 138. The molecule has 0 saturated carbocycles. The van der Waals surface area contributed by atoms with E-state index in [0.717, 1.165) is 0 Å². The van der Waals surface area contributed by atoms with E-state index in [0.29, 0.717) is 0 Å². The lowest BCUT2D eigenvalue weighted by atomic mass is 10.1. The van der Waals surface area contributed by atoms with E-state index in [9.17, 15) is 0 Å². The Morgan fingerprint density at radius 1 is 1.67 bits per heavy atom. The number of nitrogens with two attached hydrogens (primary N) is 2. The number of hydrogen-bond acceptors (Lipinski definition) is 1. The Balaban J connectivity index is 4.00. The SMILES string of the molecule is CC(C)/C(O)=C/C(N)=[NH2+]. The minimum atomic E-state index is 0.0899. The number of allylic oxidation sites excluding steroid dienone is 1. The van der Waals surface area contributed by atoms with Gasteiger partial charge in [0.25, 0.3) is 5.84 Å². The molecule has 0 bridgehead atoms. The third-order valence-corrected chi connectivity index (χ3v) is 0.906. The van der Waals surface area contributed by atoms with E-state index in [4.69, 9.17) is 16.2 Å². The summed E-state index contributed by atoms with van der Waals surface area (Å²) in [4.78, 5) is 0. The topological polar surface area (TPSA) is 71.8 Å². The van der Waals surface area contributed by atoms with Crippen LogP contribution in [0.1, 0.15) is 13.8 Å². The molecule has 5 N–H and O–H groups in total. The Hall–Kier alpha value is -0.990. The molecule has 0 rings (SSSR count). The van der Waals surface area contributed by atoms with Crippen molar-refractivity contribution in [1.82, 2.24) is 0 Å². The highest BCUT2D eigenvalue weighted by molar-refractivity contribution is 5.86. The fraction of sp³-hybridized carbons (Fsp3) is 0.500. The normalized spacial score (nSPS) is 12.1. The van der Waals surface area contributed by atoms with Gasteiger partial charge in [0.1, 0.15) is 5.76 Å². The van der Waals surface area contributed by atoms with Crippen LogP contribution < -0.4 is 11.1 Å². The van der Waals surface area contributed by atoms with Gasteiger partial charge in [0.2, 0.25) is 0 Å². The molecule has 52 valence electrons. The van der Waals surface area contributed by atoms with Crippen LogP contribution in [0.15, 0.2) is 11.8 Å². The summed E-state index contributed by atoms with van der Waals surface area (Å²) in [6.07, 6.45) is 1.35.